The van der Waals surface area contributed by atoms with Gasteiger partial charge in [0.2, 0.25) is 0 Å². The Kier molecular flexibility index (Phi) is 4.80. The van der Waals surface area contributed by atoms with Gasteiger partial charge in [-0.3, -0.25) is 4.79 Å². The van der Waals surface area contributed by atoms with Crippen molar-refractivity contribution in [2.24, 2.45) is 0 Å². The fourth-order valence-electron chi connectivity index (χ4n) is 1.55. The van der Waals surface area contributed by atoms with Crippen LogP contribution in [-0.2, 0) is 10.5 Å². The molecule has 0 aliphatic heterocycles. The number of hydrogen-bond donors (Lipinski definition) is 1. The molecule has 0 bridgehead atoms. The molecule has 2 rings (SSSR count). The molecule has 3 nitrogen and oxygen atoms in total. The summed E-state index contributed by atoms with van der Waals surface area (Å²) in [6.45, 7) is 0. The minimum atomic E-state index is -0.921. The predicted octanol–water partition coefficient (Wildman–Crippen LogP) is 4.65. The number of thioether (sulfide) groups is 1. The van der Waals surface area contributed by atoms with E-state index >= 15 is 0 Å². The number of furan rings is 1. The summed E-state index contributed by atoms with van der Waals surface area (Å²) in [4.78, 5) is 11.3. The quantitative estimate of drug-likeness (QED) is 0.872. The Morgan fingerprint density at radius 3 is 2.68 bits per heavy atom. The van der Waals surface area contributed by atoms with Gasteiger partial charge >= 0.3 is 5.97 Å². The highest BCUT2D eigenvalue weighted by Gasteiger charge is 2.21. The molecule has 0 saturated carbocycles. The summed E-state index contributed by atoms with van der Waals surface area (Å²) in [6.07, 6.45) is 1.56. The Bertz CT molecular complexity index is 569. The van der Waals surface area contributed by atoms with Gasteiger partial charge < -0.3 is 9.52 Å². The van der Waals surface area contributed by atoms with Crippen LogP contribution in [0.2, 0.25) is 10.0 Å². The zero-order valence-corrected chi connectivity index (χ0v) is 12.0. The zero-order valence-electron chi connectivity index (χ0n) is 9.68. The van der Waals surface area contributed by atoms with Crippen molar-refractivity contribution in [2.45, 2.75) is 11.0 Å². The van der Waals surface area contributed by atoms with E-state index in [-0.39, 0.29) is 0 Å². The number of benzene rings is 1. The van der Waals surface area contributed by atoms with Crippen LogP contribution in [0.3, 0.4) is 0 Å². The van der Waals surface area contributed by atoms with Crippen LogP contribution in [-0.4, -0.2) is 11.1 Å². The summed E-state index contributed by atoms with van der Waals surface area (Å²) < 4.78 is 5.18. The minimum Gasteiger partial charge on any atom is -0.480 e. The Morgan fingerprint density at radius 1 is 1.32 bits per heavy atom. The second-order valence-electron chi connectivity index (χ2n) is 3.78. The van der Waals surface area contributed by atoms with E-state index in [2.05, 4.69) is 0 Å². The number of carboxylic acid groups (broad SMARTS) is 1. The van der Waals surface area contributed by atoms with E-state index in [1.807, 2.05) is 0 Å². The fraction of sp³-hybridized carbons (Fsp3) is 0.154. The van der Waals surface area contributed by atoms with Crippen molar-refractivity contribution in [3.8, 4) is 0 Å². The van der Waals surface area contributed by atoms with Gasteiger partial charge in [0.15, 0.2) is 0 Å². The largest absolute Gasteiger partial charge is 0.480 e. The maximum absolute atomic E-state index is 11.3. The molecule has 0 radical (unpaired) electrons. The third kappa shape index (κ3) is 3.69. The number of hydrogen-bond acceptors (Lipinski definition) is 3. The lowest BCUT2D eigenvalue weighted by Gasteiger charge is -2.12. The number of carboxylic acids is 1. The summed E-state index contributed by atoms with van der Waals surface area (Å²) in [5, 5.41) is 9.34. The average molecular weight is 317 g/mol. The summed E-state index contributed by atoms with van der Waals surface area (Å²) >= 11 is 13.0. The number of halogens is 2. The first-order valence-corrected chi connectivity index (χ1v) is 7.20. The number of rotatable bonds is 5. The zero-order chi connectivity index (χ0) is 13.8. The first kappa shape index (κ1) is 14.3. The third-order valence-electron chi connectivity index (χ3n) is 2.44. The molecule has 0 unspecified atom stereocenters. The first-order chi connectivity index (χ1) is 9.08. The van der Waals surface area contributed by atoms with Crippen LogP contribution in [0.25, 0.3) is 0 Å². The van der Waals surface area contributed by atoms with Crippen LogP contribution in [0.4, 0.5) is 0 Å². The maximum atomic E-state index is 11.3. The Hall–Kier alpha value is -1.10. The molecule has 100 valence electrons. The van der Waals surface area contributed by atoms with Crippen molar-refractivity contribution in [1.29, 1.82) is 0 Å². The van der Waals surface area contributed by atoms with Gasteiger partial charge in [0.05, 0.1) is 22.1 Å². The maximum Gasteiger partial charge on any atom is 0.321 e. The van der Waals surface area contributed by atoms with Crippen molar-refractivity contribution in [3.05, 3.63) is 58.0 Å². The van der Waals surface area contributed by atoms with Crippen LogP contribution in [0.1, 0.15) is 16.6 Å². The third-order valence-corrected chi connectivity index (χ3v) is 4.44. The smallest absolute Gasteiger partial charge is 0.321 e. The van der Waals surface area contributed by atoms with Crippen LogP contribution in [0.15, 0.2) is 41.0 Å². The molecular weight excluding hydrogens is 307 g/mol. The highest BCUT2D eigenvalue weighted by molar-refractivity contribution is 7.99. The van der Waals surface area contributed by atoms with E-state index < -0.39 is 11.2 Å². The van der Waals surface area contributed by atoms with Crippen molar-refractivity contribution in [3.63, 3.8) is 0 Å². The van der Waals surface area contributed by atoms with Gasteiger partial charge in [0.25, 0.3) is 0 Å². The van der Waals surface area contributed by atoms with Gasteiger partial charge in [-0.1, -0.05) is 29.3 Å². The average Bonchev–Trinajstić information content (AvgIpc) is 2.86. The molecule has 0 saturated heterocycles. The summed E-state index contributed by atoms with van der Waals surface area (Å²) in [5.74, 6) is 0.288. The van der Waals surface area contributed by atoms with E-state index in [1.54, 1.807) is 36.6 Å². The minimum absolute atomic E-state index is 0.351. The van der Waals surface area contributed by atoms with Gasteiger partial charge in [0, 0.05) is 0 Å². The van der Waals surface area contributed by atoms with E-state index in [4.69, 9.17) is 27.6 Å². The molecule has 0 fully saturated rings. The van der Waals surface area contributed by atoms with Crippen molar-refractivity contribution in [2.75, 3.05) is 0 Å². The lowest BCUT2D eigenvalue weighted by atomic mass is 10.1. The van der Waals surface area contributed by atoms with Crippen molar-refractivity contribution < 1.29 is 14.3 Å². The highest BCUT2D eigenvalue weighted by Crippen LogP contribution is 2.35. The first-order valence-electron chi connectivity index (χ1n) is 5.39. The molecule has 19 heavy (non-hydrogen) atoms. The van der Waals surface area contributed by atoms with E-state index in [0.29, 0.717) is 21.4 Å². The molecule has 1 atom stereocenters. The molecule has 0 aliphatic rings. The van der Waals surface area contributed by atoms with Gasteiger partial charge in [-0.2, -0.15) is 0 Å². The van der Waals surface area contributed by atoms with E-state index in [1.165, 1.54) is 11.8 Å². The SMILES string of the molecule is O=C(O)[C@H](SCc1ccco1)c1ccc(Cl)c(Cl)c1. The number of aliphatic carboxylic acids is 1. The summed E-state index contributed by atoms with van der Waals surface area (Å²) in [5.41, 5.74) is 0.610. The number of carbonyl (C=O) groups is 1. The second kappa shape index (κ2) is 6.37. The molecule has 0 aliphatic carbocycles. The van der Waals surface area contributed by atoms with Crippen molar-refractivity contribution >= 4 is 40.9 Å². The van der Waals surface area contributed by atoms with Crippen LogP contribution < -0.4 is 0 Å². The van der Waals surface area contributed by atoms with Crippen LogP contribution in [0.5, 0.6) is 0 Å². The highest BCUT2D eigenvalue weighted by atomic mass is 35.5. The van der Waals surface area contributed by atoms with Crippen LogP contribution in [0, 0.1) is 0 Å². The molecule has 1 aromatic carbocycles. The van der Waals surface area contributed by atoms with Gasteiger partial charge in [-0.25, -0.2) is 0 Å². The molecule has 1 N–H and O–H groups in total. The van der Waals surface area contributed by atoms with Crippen LogP contribution >= 0.6 is 35.0 Å². The Morgan fingerprint density at radius 2 is 2.11 bits per heavy atom. The molecular formula is C13H10Cl2O3S. The predicted molar refractivity (Wildman–Crippen MR) is 76.8 cm³/mol. The molecule has 1 aromatic heterocycles. The van der Waals surface area contributed by atoms with Gasteiger partial charge in [-0.05, 0) is 29.8 Å². The van der Waals surface area contributed by atoms with E-state index in [0.717, 1.165) is 5.76 Å². The molecule has 2 aromatic rings. The van der Waals surface area contributed by atoms with Gasteiger partial charge in [-0.15, -0.1) is 11.8 Å². The summed E-state index contributed by atoms with van der Waals surface area (Å²) in [7, 11) is 0. The standard InChI is InChI=1S/C13H10Cl2O3S/c14-10-4-3-8(6-11(10)15)12(13(16)17)19-7-9-2-1-5-18-9/h1-6,12H,7H2,(H,16,17)/t12-/m1/s1. The molecule has 0 spiro atoms. The monoisotopic (exact) mass is 316 g/mol. The summed E-state index contributed by atoms with van der Waals surface area (Å²) in [6, 6.07) is 8.42. The topological polar surface area (TPSA) is 50.4 Å². The van der Waals surface area contributed by atoms with E-state index in [9.17, 15) is 9.90 Å². The molecule has 6 heteroatoms. The van der Waals surface area contributed by atoms with Gasteiger partial charge in [0.1, 0.15) is 11.0 Å². The normalized spacial score (nSPS) is 12.3. The lowest BCUT2D eigenvalue weighted by Crippen LogP contribution is -2.08. The molecule has 0 amide bonds. The Balaban J connectivity index is 2.15. The second-order valence-corrected chi connectivity index (χ2v) is 5.69. The Labute approximate surface area is 124 Å². The fourth-order valence-corrected chi connectivity index (χ4v) is 2.83. The van der Waals surface area contributed by atoms with Crippen molar-refractivity contribution in [1.82, 2.24) is 0 Å². The lowest BCUT2D eigenvalue weighted by molar-refractivity contribution is -0.136. The molecule has 1 heterocycles.